The Morgan fingerprint density at radius 3 is 2.48 bits per heavy atom. The van der Waals surface area contributed by atoms with Gasteiger partial charge in [-0.05, 0) is 31.0 Å². The Balaban J connectivity index is 2.18. The lowest BCUT2D eigenvalue weighted by Crippen LogP contribution is -2.36. The molecule has 1 atom stereocenters. The zero-order valence-corrected chi connectivity index (χ0v) is 16.0. The number of rotatable bonds is 7. The van der Waals surface area contributed by atoms with E-state index < -0.39 is 33.6 Å². The van der Waals surface area contributed by atoms with Gasteiger partial charge in [-0.1, -0.05) is 30.3 Å². The number of hydrogen-bond acceptors (Lipinski definition) is 6. The highest BCUT2D eigenvalue weighted by Crippen LogP contribution is 2.24. The fraction of sp³-hybridized carbons (Fsp3) is 0.278. The number of aryl methyl sites for hydroxylation is 1. The van der Waals surface area contributed by atoms with Gasteiger partial charge in [0.05, 0.1) is 16.9 Å². The van der Waals surface area contributed by atoms with E-state index in [1.165, 1.54) is 18.2 Å². The summed E-state index contributed by atoms with van der Waals surface area (Å²) in [5.74, 6) is -0.761. The van der Waals surface area contributed by atoms with E-state index >= 15 is 0 Å². The number of anilines is 1. The lowest BCUT2D eigenvalue weighted by Gasteiger charge is -2.24. The Hall–Kier alpha value is -2.94. The van der Waals surface area contributed by atoms with Crippen molar-refractivity contribution < 1.29 is 22.9 Å². The molecule has 0 radical (unpaired) electrons. The molecule has 0 amide bonds. The molecule has 27 heavy (non-hydrogen) atoms. The molecule has 0 aromatic heterocycles. The molecule has 0 heterocycles. The molecule has 0 N–H and O–H groups in total. The number of non-ortho nitro benzene ring substituents is 1. The van der Waals surface area contributed by atoms with Gasteiger partial charge in [-0.2, -0.15) is 0 Å². The third-order valence-electron chi connectivity index (χ3n) is 3.92. The summed E-state index contributed by atoms with van der Waals surface area (Å²) >= 11 is 0. The highest BCUT2D eigenvalue weighted by atomic mass is 32.2. The highest BCUT2D eigenvalue weighted by Gasteiger charge is 2.24. The van der Waals surface area contributed by atoms with E-state index in [1.807, 2.05) is 0 Å². The third-order valence-corrected chi connectivity index (χ3v) is 5.04. The number of nitro groups is 1. The molecule has 0 unspecified atom stereocenters. The Morgan fingerprint density at radius 1 is 1.22 bits per heavy atom. The second-order valence-electron chi connectivity index (χ2n) is 6.04. The van der Waals surface area contributed by atoms with Gasteiger partial charge in [0.2, 0.25) is 10.0 Å². The molecule has 0 bridgehead atoms. The van der Waals surface area contributed by atoms with Crippen LogP contribution in [0.4, 0.5) is 11.4 Å². The third kappa shape index (κ3) is 5.27. The maximum atomic E-state index is 12.3. The molecule has 0 aliphatic carbocycles. The molecule has 2 rings (SSSR count). The van der Waals surface area contributed by atoms with Crippen LogP contribution in [-0.2, 0) is 19.6 Å². The van der Waals surface area contributed by atoms with Crippen molar-refractivity contribution in [3.63, 3.8) is 0 Å². The number of carbonyl (C=O) groups excluding carboxylic acids is 1. The molecule has 144 valence electrons. The number of para-hydroxylation sites is 1. The molecule has 0 saturated carbocycles. The van der Waals surface area contributed by atoms with Crippen LogP contribution in [0.1, 0.15) is 24.2 Å². The first-order valence-electron chi connectivity index (χ1n) is 8.06. The van der Waals surface area contributed by atoms with Gasteiger partial charge in [-0.25, -0.2) is 8.42 Å². The first kappa shape index (κ1) is 20.4. The zero-order valence-electron chi connectivity index (χ0n) is 15.2. The quantitative estimate of drug-likeness (QED) is 0.407. The van der Waals surface area contributed by atoms with E-state index in [4.69, 9.17) is 4.74 Å². The molecule has 0 spiro atoms. The van der Waals surface area contributed by atoms with Crippen molar-refractivity contribution in [3.05, 3.63) is 69.8 Å². The minimum Gasteiger partial charge on any atom is -0.456 e. The summed E-state index contributed by atoms with van der Waals surface area (Å²) in [6.07, 6.45) is 0.243. The summed E-state index contributed by atoms with van der Waals surface area (Å²) in [5.41, 5.74) is 1.41. The minimum absolute atomic E-state index is 0.118. The Bertz CT molecular complexity index is 958. The molecular formula is C18H20N2O6S. The monoisotopic (exact) mass is 392 g/mol. The number of benzene rings is 2. The number of nitro benzene ring substituents is 1. The van der Waals surface area contributed by atoms with Crippen molar-refractivity contribution in [3.8, 4) is 0 Å². The predicted octanol–water partition coefficient (Wildman–Crippen LogP) is 2.97. The molecule has 0 aliphatic heterocycles. The number of ether oxygens (including phenoxy) is 1. The van der Waals surface area contributed by atoms with Crippen LogP contribution < -0.4 is 4.31 Å². The van der Waals surface area contributed by atoms with Crippen LogP contribution in [0, 0.1) is 17.0 Å². The van der Waals surface area contributed by atoms with Gasteiger partial charge in [-0.15, -0.1) is 0 Å². The van der Waals surface area contributed by atoms with Crippen LogP contribution in [-0.4, -0.2) is 32.1 Å². The normalized spacial score (nSPS) is 12.3. The summed E-state index contributed by atoms with van der Waals surface area (Å²) in [5, 5.41) is 10.9. The summed E-state index contributed by atoms with van der Waals surface area (Å²) in [4.78, 5) is 22.7. The lowest BCUT2D eigenvalue weighted by atomic mass is 10.1. The van der Waals surface area contributed by atoms with Crippen molar-refractivity contribution in [1.82, 2.24) is 0 Å². The first-order chi connectivity index (χ1) is 12.6. The van der Waals surface area contributed by atoms with E-state index in [9.17, 15) is 23.3 Å². The van der Waals surface area contributed by atoms with Crippen LogP contribution in [0.25, 0.3) is 0 Å². The van der Waals surface area contributed by atoms with Crippen LogP contribution in [0.5, 0.6) is 0 Å². The predicted molar refractivity (Wildman–Crippen MR) is 101 cm³/mol. The lowest BCUT2D eigenvalue weighted by molar-refractivity contribution is -0.385. The second-order valence-corrected chi connectivity index (χ2v) is 7.95. The SMILES string of the molecule is Cc1ccccc1N(CC(=O)O[C@@H](C)c1cccc([N+](=O)[O-])c1)S(C)(=O)=O. The second kappa shape index (κ2) is 8.17. The Labute approximate surface area is 157 Å². The molecule has 0 fully saturated rings. The summed E-state index contributed by atoms with van der Waals surface area (Å²) < 4.78 is 30.5. The number of esters is 1. The number of nitrogens with zero attached hydrogens (tertiary/aromatic N) is 2. The summed E-state index contributed by atoms with van der Waals surface area (Å²) in [6, 6.07) is 12.5. The molecule has 2 aromatic rings. The van der Waals surface area contributed by atoms with Gasteiger partial charge in [0.1, 0.15) is 12.6 Å². The van der Waals surface area contributed by atoms with E-state index in [-0.39, 0.29) is 5.69 Å². The standard InChI is InChI=1S/C18H20N2O6S/c1-13-7-4-5-10-17(13)19(27(3,24)25)12-18(21)26-14(2)15-8-6-9-16(11-15)20(22)23/h4-11,14H,12H2,1-3H3/t14-/m0/s1. The minimum atomic E-state index is -3.71. The fourth-order valence-electron chi connectivity index (χ4n) is 2.54. The van der Waals surface area contributed by atoms with Crippen LogP contribution in [0.2, 0.25) is 0 Å². The van der Waals surface area contributed by atoms with Crippen molar-refractivity contribution in [2.45, 2.75) is 20.0 Å². The van der Waals surface area contributed by atoms with Gasteiger partial charge < -0.3 is 4.74 Å². The molecule has 8 nitrogen and oxygen atoms in total. The largest absolute Gasteiger partial charge is 0.456 e. The van der Waals surface area contributed by atoms with E-state index in [1.54, 1.807) is 44.2 Å². The van der Waals surface area contributed by atoms with Crippen LogP contribution >= 0.6 is 0 Å². The molecule has 2 aromatic carbocycles. The van der Waals surface area contributed by atoms with Gasteiger partial charge >= 0.3 is 5.97 Å². The van der Waals surface area contributed by atoms with Gasteiger partial charge in [0.15, 0.2) is 0 Å². The smallest absolute Gasteiger partial charge is 0.327 e. The van der Waals surface area contributed by atoms with E-state index in [0.717, 1.165) is 10.6 Å². The molecular weight excluding hydrogens is 372 g/mol. The topological polar surface area (TPSA) is 107 Å². The Morgan fingerprint density at radius 2 is 1.89 bits per heavy atom. The average molecular weight is 392 g/mol. The number of hydrogen-bond donors (Lipinski definition) is 0. The Kier molecular flexibility index (Phi) is 6.17. The van der Waals surface area contributed by atoms with Crippen molar-refractivity contribution >= 4 is 27.4 Å². The van der Waals surface area contributed by atoms with Crippen molar-refractivity contribution in [1.29, 1.82) is 0 Å². The number of carbonyl (C=O) groups is 1. The van der Waals surface area contributed by atoms with Gasteiger partial charge in [0, 0.05) is 12.1 Å². The number of sulfonamides is 1. The van der Waals surface area contributed by atoms with Crippen LogP contribution in [0.15, 0.2) is 48.5 Å². The molecule has 9 heteroatoms. The van der Waals surface area contributed by atoms with Crippen molar-refractivity contribution in [2.24, 2.45) is 0 Å². The van der Waals surface area contributed by atoms with Gasteiger partial charge in [-0.3, -0.25) is 19.2 Å². The first-order valence-corrected chi connectivity index (χ1v) is 9.91. The summed E-state index contributed by atoms with van der Waals surface area (Å²) in [6.45, 7) is 2.81. The van der Waals surface area contributed by atoms with Crippen molar-refractivity contribution in [2.75, 3.05) is 17.1 Å². The van der Waals surface area contributed by atoms with Gasteiger partial charge in [0.25, 0.3) is 5.69 Å². The fourth-order valence-corrected chi connectivity index (χ4v) is 3.44. The van der Waals surface area contributed by atoms with Crippen LogP contribution in [0.3, 0.4) is 0 Å². The average Bonchev–Trinajstić information content (AvgIpc) is 2.59. The summed E-state index contributed by atoms with van der Waals surface area (Å²) in [7, 11) is -3.71. The molecule has 0 aliphatic rings. The maximum Gasteiger partial charge on any atom is 0.327 e. The van der Waals surface area contributed by atoms with E-state index in [0.29, 0.717) is 16.8 Å². The highest BCUT2D eigenvalue weighted by molar-refractivity contribution is 7.92. The zero-order chi connectivity index (χ0) is 20.2. The molecule has 0 saturated heterocycles. The van der Waals surface area contributed by atoms with E-state index in [2.05, 4.69) is 0 Å². The maximum absolute atomic E-state index is 12.3.